The van der Waals surface area contributed by atoms with Gasteiger partial charge in [-0.3, -0.25) is 0 Å². The number of halogens is 1. The maximum absolute atomic E-state index is 13.2. The molecular formula is C13H14FNOS. The van der Waals surface area contributed by atoms with Crippen LogP contribution < -0.4 is 0 Å². The summed E-state index contributed by atoms with van der Waals surface area (Å²) in [6.45, 7) is 3.84. The fourth-order valence-electron chi connectivity index (χ4n) is 1.67. The summed E-state index contributed by atoms with van der Waals surface area (Å²) in [5, 5.41) is 9.80. The molecule has 0 amide bonds. The maximum atomic E-state index is 13.2. The molecule has 0 aliphatic rings. The average Bonchev–Trinajstić information content (AvgIpc) is 2.65. The monoisotopic (exact) mass is 251 g/mol. The highest BCUT2D eigenvalue weighted by Gasteiger charge is 2.10. The highest BCUT2D eigenvalue weighted by Crippen LogP contribution is 2.28. The number of aromatic nitrogens is 1. The number of benzene rings is 1. The fourth-order valence-corrected chi connectivity index (χ4v) is 2.62. The van der Waals surface area contributed by atoms with E-state index in [1.165, 1.54) is 6.07 Å². The number of aryl methyl sites for hydroxylation is 2. The molecular weight excluding hydrogens is 237 g/mol. The van der Waals surface area contributed by atoms with Gasteiger partial charge in [-0.15, -0.1) is 11.3 Å². The molecule has 1 aromatic heterocycles. The zero-order valence-electron chi connectivity index (χ0n) is 9.83. The molecule has 1 heterocycles. The lowest BCUT2D eigenvalue weighted by Gasteiger charge is -1.99. The lowest BCUT2D eigenvalue weighted by atomic mass is 10.1. The van der Waals surface area contributed by atoms with Gasteiger partial charge in [-0.05, 0) is 37.6 Å². The van der Waals surface area contributed by atoms with E-state index in [0.29, 0.717) is 12.0 Å². The van der Waals surface area contributed by atoms with Gasteiger partial charge in [0.25, 0.3) is 0 Å². The molecule has 1 aromatic carbocycles. The van der Waals surface area contributed by atoms with E-state index >= 15 is 0 Å². The van der Waals surface area contributed by atoms with E-state index in [4.69, 9.17) is 5.11 Å². The standard InChI is InChI=1S/C13H14FNOS/c1-8-7-10(3-4-11(8)14)13-15-12(5-6-16)9(2)17-13/h3-4,7,16H,5-6H2,1-2H3. The van der Waals surface area contributed by atoms with Gasteiger partial charge >= 0.3 is 0 Å². The summed E-state index contributed by atoms with van der Waals surface area (Å²) >= 11 is 1.58. The van der Waals surface area contributed by atoms with Crippen LogP contribution in [0.25, 0.3) is 10.6 Å². The average molecular weight is 251 g/mol. The molecule has 0 radical (unpaired) electrons. The van der Waals surface area contributed by atoms with Crippen molar-refractivity contribution in [3.63, 3.8) is 0 Å². The highest BCUT2D eigenvalue weighted by atomic mass is 32.1. The summed E-state index contributed by atoms with van der Waals surface area (Å²) in [6.07, 6.45) is 0.572. The van der Waals surface area contributed by atoms with Gasteiger partial charge in [0, 0.05) is 23.5 Å². The smallest absolute Gasteiger partial charge is 0.126 e. The van der Waals surface area contributed by atoms with Crippen LogP contribution in [0.2, 0.25) is 0 Å². The second-order valence-electron chi connectivity index (χ2n) is 3.96. The van der Waals surface area contributed by atoms with Crippen LogP contribution in [-0.2, 0) is 6.42 Å². The van der Waals surface area contributed by atoms with Crippen molar-refractivity contribution in [3.05, 3.63) is 40.2 Å². The lowest BCUT2D eigenvalue weighted by molar-refractivity contribution is 0.298. The minimum absolute atomic E-state index is 0.104. The van der Waals surface area contributed by atoms with Crippen LogP contribution >= 0.6 is 11.3 Å². The molecule has 4 heteroatoms. The third-order valence-corrected chi connectivity index (χ3v) is 3.71. The number of aliphatic hydroxyl groups excluding tert-OH is 1. The zero-order chi connectivity index (χ0) is 12.4. The summed E-state index contributed by atoms with van der Waals surface area (Å²) in [7, 11) is 0. The van der Waals surface area contributed by atoms with Gasteiger partial charge in [0.15, 0.2) is 0 Å². The third-order valence-electron chi connectivity index (χ3n) is 2.65. The second kappa shape index (κ2) is 4.94. The van der Waals surface area contributed by atoms with E-state index in [-0.39, 0.29) is 12.4 Å². The van der Waals surface area contributed by atoms with Crippen LogP contribution in [-0.4, -0.2) is 16.7 Å². The molecule has 0 bridgehead atoms. The van der Waals surface area contributed by atoms with Crippen molar-refractivity contribution < 1.29 is 9.50 Å². The molecule has 0 saturated carbocycles. The number of hydrogen-bond acceptors (Lipinski definition) is 3. The summed E-state index contributed by atoms with van der Waals surface area (Å²) in [5.41, 5.74) is 2.48. The Labute approximate surface area is 104 Å². The molecule has 17 heavy (non-hydrogen) atoms. The maximum Gasteiger partial charge on any atom is 0.126 e. The quantitative estimate of drug-likeness (QED) is 0.909. The molecule has 90 valence electrons. The first-order valence-electron chi connectivity index (χ1n) is 5.45. The van der Waals surface area contributed by atoms with E-state index < -0.39 is 0 Å². The predicted octanol–water partition coefficient (Wildman–Crippen LogP) is 3.10. The van der Waals surface area contributed by atoms with E-state index in [1.54, 1.807) is 30.4 Å². The van der Waals surface area contributed by atoms with E-state index in [9.17, 15) is 4.39 Å². The second-order valence-corrected chi connectivity index (χ2v) is 5.16. The van der Waals surface area contributed by atoms with Crippen LogP contribution in [0.1, 0.15) is 16.1 Å². The van der Waals surface area contributed by atoms with Gasteiger partial charge in [-0.2, -0.15) is 0 Å². The fraction of sp³-hybridized carbons (Fsp3) is 0.308. The third kappa shape index (κ3) is 2.53. The summed E-state index contributed by atoms with van der Waals surface area (Å²) in [6, 6.07) is 5.01. The number of thiazole rings is 1. The zero-order valence-corrected chi connectivity index (χ0v) is 10.6. The first-order chi connectivity index (χ1) is 8.11. The Hall–Kier alpha value is -1.26. The van der Waals surface area contributed by atoms with Crippen molar-refractivity contribution in [3.8, 4) is 10.6 Å². The van der Waals surface area contributed by atoms with Gasteiger partial charge < -0.3 is 5.11 Å². The molecule has 0 saturated heterocycles. The van der Waals surface area contributed by atoms with Gasteiger partial charge in [-0.1, -0.05) is 0 Å². The molecule has 2 aromatic rings. The molecule has 0 spiro atoms. The van der Waals surface area contributed by atoms with Gasteiger partial charge in [0.1, 0.15) is 10.8 Å². The van der Waals surface area contributed by atoms with E-state index in [1.807, 2.05) is 6.92 Å². The normalized spacial score (nSPS) is 10.8. The Kier molecular flexibility index (Phi) is 3.54. The van der Waals surface area contributed by atoms with Crippen LogP contribution in [0.4, 0.5) is 4.39 Å². The molecule has 0 fully saturated rings. The minimum Gasteiger partial charge on any atom is -0.396 e. The number of nitrogens with zero attached hydrogens (tertiary/aromatic N) is 1. The molecule has 2 rings (SSSR count). The van der Waals surface area contributed by atoms with Crippen LogP contribution in [0, 0.1) is 19.7 Å². The van der Waals surface area contributed by atoms with Crippen molar-refractivity contribution in [2.45, 2.75) is 20.3 Å². The van der Waals surface area contributed by atoms with Crippen molar-refractivity contribution >= 4 is 11.3 Å². The Morgan fingerprint density at radius 2 is 2.12 bits per heavy atom. The molecule has 0 aliphatic carbocycles. The van der Waals surface area contributed by atoms with E-state index in [0.717, 1.165) is 21.1 Å². The van der Waals surface area contributed by atoms with Gasteiger partial charge in [0.05, 0.1) is 5.69 Å². The lowest BCUT2D eigenvalue weighted by Crippen LogP contribution is -1.92. The van der Waals surface area contributed by atoms with Crippen molar-refractivity contribution in [2.24, 2.45) is 0 Å². The Bertz CT molecular complexity index is 536. The minimum atomic E-state index is -0.197. The molecule has 2 nitrogen and oxygen atoms in total. The first kappa shape index (κ1) is 12.2. The van der Waals surface area contributed by atoms with Crippen LogP contribution in [0.5, 0.6) is 0 Å². The summed E-state index contributed by atoms with van der Waals surface area (Å²) in [4.78, 5) is 5.58. The first-order valence-corrected chi connectivity index (χ1v) is 6.27. The predicted molar refractivity (Wildman–Crippen MR) is 67.8 cm³/mol. The topological polar surface area (TPSA) is 33.1 Å². The van der Waals surface area contributed by atoms with E-state index in [2.05, 4.69) is 4.98 Å². The Morgan fingerprint density at radius 1 is 1.35 bits per heavy atom. The Balaban J connectivity index is 2.39. The number of rotatable bonds is 3. The Morgan fingerprint density at radius 3 is 2.76 bits per heavy atom. The molecule has 0 unspecified atom stereocenters. The number of aliphatic hydroxyl groups is 1. The van der Waals surface area contributed by atoms with Crippen molar-refractivity contribution in [1.29, 1.82) is 0 Å². The van der Waals surface area contributed by atoms with Crippen LogP contribution in [0.15, 0.2) is 18.2 Å². The van der Waals surface area contributed by atoms with Crippen molar-refractivity contribution in [2.75, 3.05) is 6.61 Å². The van der Waals surface area contributed by atoms with Gasteiger partial charge in [-0.25, -0.2) is 9.37 Å². The number of hydrogen-bond donors (Lipinski definition) is 1. The van der Waals surface area contributed by atoms with Gasteiger partial charge in [0.2, 0.25) is 0 Å². The molecule has 0 aliphatic heterocycles. The molecule has 0 atom stereocenters. The summed E-state index contributed by atoms with van der Waals surface area (Å²) in [5.74, 6) is -0.197. The summed E-state index contributed by atoms with van der Waals surface area (Å²) < 4.78 is 13.2. The van der Waals surface area contributed by atoms with Crippen LogP contribution in [0.3, 0.4) is 0 Å². The largest absolute Gasteiger partial charge is 0.396 e. The van der Waals surface area contributed by atoms with Crippen molar-refractivity contribution in [1.82, 2.24) is 4.98 Å². The molecule has 1 N–H and O–H groups in total. The SMILES string of the molecule is Cc1cc(-c2nc(CCO)c(C)s2)ccc1F. The highest BCUT2D eigenvalue weighted by molar-refractivity contribution is 7.15.